The molecular weight excluding hydrogens is 310 g/mol. The molecule has 24 heavy (non-hydrogen) atoms. The van der Waals surface area contributed by atoms with Crippen molar-refractivity contribution in [2.45, 2.75) is 81.9 Å². The Hall–Kier alpha value is -1.14. The van der Waals surface area contributed by atoms with Crippen molar-refractivity contribution in [1.29, 1.82) is 0 Å². The zero-order valence-electron chi connectivity index (χ0n) is 14.3. The summed E-state index contributed by atoms with van der Waals surface area (Å²) in [6, 6.07) is 0.188. The SMILES string of the molecule is CC1C[C@@H]([C@@H]2CC[C@]34O[C@H](CC[C@@]35C[C@H](C)C(=O)O5)CN24)OC1=O. The number of nitrogens with zero attached hydrogens (tertiary/aromatic N) is 1. The molecule has 1 unspecified atom stereocenters. The zero-order valence-corrected chi connectivity index (χ0v) is 14.3. The van der Waals surface area contributed by atoms with Gasteiger partial charge in [-0.05, 0) is 32.1 Å². The number of fused-ring (bicyclic) bond motifs is 1. The first-order chi connectivity index (χ1) is 11.4. The number of hydrogen-bond donors (Lipinski definition) is 0. The Morgan fingerprint density at radius 1 is 1.08 bits per heavy atom. The normalized spacial score (nSPS) is 53.5. The average molecular weight is 335 g/mol. The third-order valence-electron chi connectivity index (χ3n) is 7.01. The monoisotopic (exact) mass is 335 g/mol. The highest BCUT2D eigenvalue weighted by Gasteiger charge is 2.72. The molecule has 0 N–H and O–H groups in total. The molecule has 132 valence electrons. The fourth-order valence-electron chi connectivity index (χ4n) is 5.87. The maximum absolute atomic E-state index is 12.2. The largest absolute Gasteiger partial charge is 0.460 e. The van der Waals surface area contributed by atoms with Crippen LogP contribution in [-0.4, -0.2) is 53.0 Å². The first kappa shape index (κ1) is 15.1. The van der Waals surface area contributed by atoms with E-state index < -0.39 is 11.3 Å². The topological polar surface area (TPSA) is 65.1 Å². The molecule has 0 radical (unpaired) electrons. The standard InChI is InChI=1S/C18H25NO5/c1-10-7-14(22-15(10)20)13-4-6-18-17(8-11(2)16(21)24-17)5-3-12(23-18)9-19(13)18/h10-14H,3-9H2,1-2H3/t10?,11-,12+,13-,14-,17+,18-/m0/s1. The first-order valence-electron chi connectivity index (χ1n) is 9.32. The van der Waals surface area contributed by atoms with Crippen LogP contribution in [0.5, 0.6) is 0 Å². The molecule has 0 aliphatic carbocycles. The van der Waals surface area contributed by atoms with Gasteiger partial charge in [0.05, 0.1) is 17.9 Å². The summed E-state index contributed by atoms with van der Waals surface area (Å²) < 4.78 is 18.1. The highest BCUT2D eigenvalue weighted by molar-refractivity contribution is 5.75. The van der Waals surface area contributed by atoms with Gasteiger partial charge in [-0.1, -0.05) is 13.8 Å². The molecule has 2 bridgehead atoms. The molecule has 0 aromatic rings. The molecule has 6 nitrogen and oxygen atoms in total. The summed E-state index contributed by atoms with van der Waals surface area (Å²) in [7, 11) is 0. The van der Waals surface area contributed by atoms with Crippen LogP contribution in [0.25, 0.3) is 0 Å². The lowest BCUT2D eigenvalue weighted by Gasteiger charge is -2.48. The molecule has 5 heterocycles. The smallest absolute Gasteiger partial charge is 0.309 e. The van der Waals surface area contributed by atoms with Crippen molar-refractivity contribution in [3.63, 3.8) is 0 Å². The van der Waals surface area contributed by atoms with Crippen LogP contribution in [0.2, 0.25) is 0 Å². The number of carbonyl (C=O) groups is 2. The van der Waals surface area contributed by atoms with Gasteiger partial charge in [0, 0.05) is 19.0 Å². The van der Waals surface area contributed by atoms with E-state index in [1.807, 2.05) is 13.8 Å². The van der Waals surface area contributed by atoms with E-state index in [-0.39, 0.29) is 42.0 Å². The number of rotatable bonds is 1. The van der Waals surface area contributed by atoms with Crippen LogP contribution in [0, 0.1) is 11.8 Å². The predicted octanol–water partition coefficient (Wildman–Crippen LogP) is 1.61. The van der Waals surface area contributed by atoms with Gasteiger partial charge >= 0.3 is 11.9 Å². The molecule has 5 aliphatic heterocycles. The fraction of sp³-hybridized carbons (Fsp3) is 0.889. The lowest BCUT2D eigenvalue weighted by molar-refractivity contribution is -0.246. The van der Waals surface area contributed by atoms with Crippen molar-refractivity contribution in [2.75, 3.05) is 6.54 Å². The Morgan fingerprint density at radius 3 is 2.58 bits per heavy atom. The summed E-state index contributed by atoms with van der Waals surface area (Å²) in [4.78, 5) is 26.4. The maximum atomic E-state index is 12.2. The third kappa shape index (κ3) is 1.74. The highest BCUT2D eigenvalue weighted by atomic mass is 16.6. The molecule has 7 atom stereocenters. The van der Waals surface area contributed by atoms with Crippen LogP contribution < -0.4 is 0 Å². The molecule has 0 amide bonds. The van der Waals surface area contributed by atoms with Crippen LogP contribution in [0.4, 0.5) is 0 Å². The van der Waals surface area contributed by atoms with Crippen molar-refractivity contribution in [3.8, 4) is 0 Å². The van der Waals surface area contributed by atoms with E-state index in [2.05, 4.69) is 4.90 Å². The van der Waals surface area contributed by atoms with E-state index in [0.29, 0.717) is 0 Å². The quantitative estimate of drug-likeness (QED) is 0.679. The maximum Gasteiger partial charge on any atom is 0.309 e. The second kappa shape index (κ2) is 4.73. The number of hydrogen-bond acceptors (Lipinski definition) is 6. The molecule has 6 heteroatoms. The van der Waals surface area contributed by atoms with E-state index in [4.69, 9.17) is 14.2 Å². The average Bonchev–Trinajstić information content (AvgIpc) is 3.20. The Bertz CT molecular complexity index is 608. The predicted molar refractivity (Wildman–Crippen MR) is 82.8 cm³/mol. The van der Waals surface area contributed by atoms with Gasteiger partial charge in [-0.15, -0.1) is 0 Å². The Kier molecular flexibility index (Phi) is 2.98. The van der Waals surface area contributed by atoms with Crippen molar-refractivity contribution in [3.05, 3.63) is 0 Å². The highest BCUT2D eigenvalue weighted by Crippen LogP contribution is 2.59. The van der Waals surface area contributed by atoms with E-state index in [0.717, 1.165) is 45.1 Å². The Balaban J connectivity index is 1.48. The summed E-state index contributed by atoms with van der Waals surface area (Å²) in [6.07, 6.45) is 5.29. The van der Waals surface area contributed by atoms with Gasteiger partial charge in [0.25, 0.3) is 0 Å². The van der Waals surface area contributed by atoms with Crippen LogP contribution >= 0.6 is 0 Å². The van der Waals surface area contributed by atoms with E-state index in [9.17, 15) is 9.59 Å². The zero-order chi connectivity index (χ0) is 16.7. The van der Waals surface area contributed by atoms with Gasteiger partial charge in [0.1, 0.15) is 6.10 Å². The number of esters is 2. The van der Waals surface area contributed by atoms with Gasteiger partial charge in [-0.2, -0.15) is 0 Å². The summed E-state index contributed by atoms with van der Waals surface area (Å²) >= 11 is 0. The van der Waals surface area contributed by atoms with E-state index >= 15 is 0 Å². The molecule has 0 aromatic heterocycles. The van der Waals surface area contributed by atoms with Gasteiger partial charge < -0.3 is 14.2 Å². The van der Waals surface area contributed by atoms with Gasteiger partial charge in [0.2, 0.25) is 0 Å². The second-order valence-corrected chi connectivity index (χ2v) is 8.45. The lowest BCUT2D eigenvalue weighted by Crippen LogP contribution is -2.62. The summed E-state index contributed by atoms with van der Waals surface area (Å²) in [5.41, 5.74) is -1.02. The third-order valence-corrected chi connectivity index (χ3v) is 7.01. The van der Waals surface area contributed by atoms with Crippen molar-refractivity contribution in [1.82, 2.24) is 4.90 Å². The van der Waals surface area contributed by atoms with Crippen molar-refractivity contribution >= 4 is 11.9 Å². The molecule has 2 spiro atoms. The Morgan fingerprint density at radius 2 is 1.92 bits per heavy atom. The molecule has 5 fully saturated rings. The first-order valence-corrected chi connectivity index (χ1v) is 9.32. The number of cyclic esters (lactones) is 1. The minimum atomic E-state index is -0.514. The van der Waals surface area contributed by atoms with Gasteiger partial charge in [-0.25, -0.2) is 0 Å². The second-order valence-electron chi connectivity index (χ2n) is 8.45. The van der Waals surface area contributed by atoms with Crippen LogP contribution in [0.3, 0.4) is 0 Å². The molecule has 0 aromatic carbocycles. The van der Waals surface area contributed by atoms with Crippen LogP contribution in [0.1, 0.15) is 52.4 Å². The summed E-state index contributed by atoms with van der Waals surface area (Å²) in [6.45, 7) is 4.75. The summed E-state index contributed by atoms with van der Waals surface area (Å²) in [5.74, 6) is -0.264. The van der Waals surface area contributed by atoms with E-state index in [1.54, 1.807) is 0 Å². The molecular formula is C18H25NO5. The number of carbonyl (C=O) groups excluding carboxylic acids is 2. The number of ether oxygens (including phenoxy) is 3. The van der Waals surface area contributed by atoms with Crippen molar-refractivity contribution < 1.29 is 23.8 Å². The Labute approximate surface area is 141 Å². The van der Waals surface area contributed by atoms with Gasteiger partial charge in [0.15, 0.2) is 11.3 Å². The summed E-state index contributed by atoms with van der Waals surface area (Å²) in [5, 5.41) is 0. The van der Waals surface area contributed by atoms with Crippen LogP contribution in [-0.2, 0) is 23.8 Å². The molecule has 5 aliphatic rings. The van der Waals surface area contributed by atoms with Crippen LogP contribution in [0.15, 0.2) is 0 Å². The molecule has 5 rings (SSSR count). The fourth-order valence-corrected chi connectivity index (χ4v) is 5.87. The van der Waals surface area contributed by atoms with E-state index in [1.165, 1.54) is 0 Å². The lowest BCUT2D eigenvalue weighted by atomic mass is 9.78. The molecule has 0 saturated carbocycles. The van der Waals surface area contributed by atoms with Crippen molar-refractivity contribution in [2.24, 2.45) is 11.8 Å². The minimum absolute atomic E-state index is 0.0206. The molecule has 5 saturated heterocycles. The minimum Gasteiger partial charge on any atom is -0.460 e. The van der Waals surface area contributed by atoms with Gasteiger partial charge in [-0.3, -0.25) is 14.5 Å².